The fourth-order valence-electron chi connectivity index (χ4n) is 4.07. The van der Waals surface area contributed by atoms with Gasteiger partial charge in [0.05, 0.1) is 21.4 Å². The summed E-state index contributed by atoms with van der Waals surface area (Å²) < 4.78 is 26.7. The number of rotatable bonds is 6. The second-order valence-electron chi connectivity index (χ2n) is 7.76. The molecule has 0 saturated carbocycles. The first-order chi connectivity index (χ1) is 13.3. The Kier molecular flexibility index (Phi) is 6.25. The lowest BCUT2D eigenvalue weighted by atomic mass is 9.81. The fourth-order valence-corrected chi connectivity index (χ4v) is 6.41. The van der Waals surface area contributed by atoms with E-state index in [1.165, 1.54) is 6.07 Å². The third-order valence-corrected chi connectivity index (χ3v) is 8.06. The molecule has 1 N–H and O–H groups in total. The number of nitrogens with zero attached hydrogens (tertiary/aromatic N) is 1. The van der Waals surface area contributed by atoms with Crippen molar-refractivity contribution in [2.45, 2.75) is 50.8 Å². The van der Waals surface area contributed by atoms with Crippen molar-refractivity contribution >= 4 is 32.8 Å². The van der Waals surface area contributed by atoms with E-state index < -0.39 is 9.84 Å². The van der Waals surface area contributed by atoms with Crippen molar-refractivity contribution in [3.05, 3.63) is 47.5 Å². The Bertz CT molecular complexity index is 930. The van der Waals surface area contributed by atoms with Gasteiger partial charge in [0.25, 0.3) is 0 Å². The van der Waals surface area contributed by atoms with E-state index in [-0.39, 0.29) is 26.8 Å². The maximum atomic E-state index is 13.4. The Labute approximate surface area is 173 Å². The number of hydrogen-bond donors (Lipinski definition) is 1. The first-order valence-corrected chi connectivity index (χ1v) is 11.9. The standard InChI is InChI=1S/C22H28ClNO3S/c1-3-5-9-12-22(4-2)15-24(17-10-7-6-8-11-17)19-13-18(23)20(25)14-21(19)28(26,27)16-22/h6-8,10-11,13-14,25H,3-5,9,12,15-16H2,1-2H3/t22-/m0/s1. The molecule has 1 aliphatic rings. The van der Waals surface area contributed by atoms with Crippen LogP contribution in [0, 0.1) is 5.41 Å². The quantitative estimate of drug-likeness (QED) is 0.585. The van der Waals surface area contributed by atoms with Crippen molar-refractivity contribution in [2.24, 2.45) is 5.41 Å². The molecule has 0 radical (unpaired) electrons. The van der Waals surface area contributed by atoms with E-state index in [2.05, 4.69) is 18.7 Å². The lowest BCUT2D eigenvalue weighted by Gasteiger charge is -2.36. The minimum atomic E-state index is -3.58. The molecule has 0 saturated heterocycles. The van der Waals surface area contributed by atoms with Crippen LogP contribution in [0.15, 0.2) is 47.4 Å². The van der Waals surface area contributed by atoms with Crippen LogP contribution in [-0.2, 0) is 9.84 Å². The number of aromatic hydroxyl groups is 1. The lowest BCUT2D eigenvalue weighted by Crippen LogP contribution is -2.37. The third kappa shape index (κ3) is 4.15. The molecule has 2 aromatic rings. The van der Waals surface area contributed by atoms with Gasteiger partial charge >= 0.3 is 0 Å². The summed E-state index contributed by atoms with van der Waals surface area (Å²) in [4.78, 5) is 2.21. The van der Waals surface area contributed by atoms with Crippen LogP contribution in [0.3, 0.4) is 0 Å². The van der Waals surface area contributed by atoms with Crippen LogP contribution in [-0.4, -0.2) is 25.8 Å². The summed E-state index contributed by atoms with van der Waals surface area (Å²) in [5.41, 5.74) is 1.11. The molecule has 4 nitrogen and oxygen atoms in total. The van der Waals surface area contributed by atoms with Crippen LogP contribution >= 0.6 is 11.6 Å². The summed E-state index contributed by atoms with van der Waals surface area (Å²) in [6, 6.07) is 12.7. The van der Waals surface area contributed by atoms with Crippen molar-refractivity contribution in [1.82, 2.24) is 0 Å². The molecule has 3 rings (SSSR count). The largest absolute Gasteiger partial charge is 0.506 e. The fraction of sp³-hybridized carbons (Fsp3) is 0.455. The number of hydrogen-bond acceptors (Lipinski definition) is 4. The Morgan fingerprint density at radius 1 is 1.14 bits per heavy atom. The molecular formula is C22H28ClNO3S. The zero-order chi connectivity index (χ0) is 20.4. The number of halogens is 1. The van der Waals surface area contributed by atoms with Gasteiger partial charge in [-0.25, -0.2) is 8.42 Å². The summed E-state index contributed by atoms with van der Waals surface area (Å²) in [6.07, 6.45) is 4.82. The Morgan fingerprint density at radius 2 is 1.86 bits per heavy atom. The molecule has 0 amide bonds. The maximum Gasteiger partial charge on any atom is 0.181 e. The summed E-state index contributed by atoms with van der Waals surface area (Å²) in [6.45, 7) is 4.83. The zero-order valence-corrected chi connectivity index (χ0v) is 18.1. The number of phenols is 1. The number of fused-ring (bicyclic) bond motifs is 1. The Balaban J connectivity index is 2.19. The van der Waals surface area contributed by atoms with Gasteiger partial charge in [-0.1, -0.05) is 62.9 Å². The van der Waals surface area contributed by atoms with Gasteiger partial charge in [0.15, 0.2) is 9.84 Å². The van der Waals surface area contributed by atoms with Gasteiger partial charge in [0.2, 0.25) is 0 Å². The van der Waals surface area contributed by atoms with Crippen LogP contribution in [0.2, 0.25) is 5.02 Å². The third-order valence-electron chi connectivity index (χ3n) is 5.77. The van der Waals surface area contributed by atoms with E-state index in [0.29, 0.717) is 12.2 Å². The summed E-state index contributed by atoms with van der Waals surface area (Å²) in [5, 5.41) is 10.3. The first kappa shape index (κ1) is 21.0. The molecule has 28 heavy (non-hydrogen) atoms. The molecule has 1 heterocycles. The summed E-state index contributed by atoms with van der Waals surface area (Å²) >= 11 is 6.18. The van der Waals surface area contributed by atoms with Gasteiger partial charge in [-0.15, -0.1) is 0 Å². The number of anilines is 2. The second-order valence-corrected chi connectivity index (χ2v) is 10.1. The highest BCUT2D eigenvalue weighted by molar-refractivity contribution is 7.91. The molecular weight excluding hydrogens is 394 g/mol. The Morgan fingerprint density at radius 3 is 2.50 bits per heavy atom. The van der Waals surface area contributed by atoms with Crippen molar-refractivity contribution in [2.75, 3.05) is 17.2 Å². The molecule has 0 aromatic heterocycles. The minimum Gasteiger partial charge on any atom is -0.506 e. The van der Waals surface area contributed by atoms with E-state index in [1.54, 1.807) is 6.07 Å². The minimum absolute atomic E-state index is 0.0810. The highest BCUT2D eigenvalue weighted by Gasteiger charge is 2.41. The van der Waals surface area contributed by atoms with E-state index >= 15 is 0 Å². The molecule has 0 bridgehead atoms. The van der Waals surface area contributed by atoms with E-state index in [4.69, 9.17) is 11.6 Å². The molecule has 1 aliphatic heterocycles. The maximum absolute atomic E-state index is 13.4. The van der Waals surface area contributed by atoms with Crippen LogP contribution in [0.5, 0.6) is 5.75 Å². The number of benzene rings is 2. The van der Waals surface area contributed by atoms with Gasteiger partial charge in [-0.3, -0.25) is 0 Å². The molecule has 6 heteroatoms. The van der Waals surface area contributed by atoms with Gasteiger partial charge in [-0.2, -0.15) is 0 Å². The summed E-state index contributed by atoms with van der Waals surface area (Å²) in [7, 11) is -3.58. The summed E-state index contributed by atoms with van der Waals surface area (Å²) in [5.74, 6) is -0.121. The second kappa shape index (κ2) is 8.34. The zero-order valence-electron chi connectivity index (χ0n) is 16.5. The molecule has 1 atom stereocenters. The monoisotopic (exact) mass is 421 g/mol. The van der Waals surface area contributed by atoms with E-state index in [9.17, 15) is 13.5 Å². The normalized spacial score (nSPS) is 21.2. The molecule has 152 valence electrons. The number of phenolic OH excluding ortho intramolecular Hbond substituents is 1. The molecule has 0 unspecified atom stereocenters. The molecule has 0 fully saturated rings. The van der Waals surface area contributed by atoms with Crippen LogP contribution in [0.4, 0.5) is 11.4 Å². The van der Waals surface area contributed by atoms with Crippen molar-refractivity contribution in [1.29, 1.82) is 0 Å². The highest BCUT2D eigenvalue weighted by Crippen LogP contribution is 2.46. The van der Waals surface area contributed by atoms with Crippen LogP contribution < -0.4 is 4.90 Å². The molecule has 0 aliphatic carbocycles. The van der Waals surface area contributed by atoms with Gasteiger partial charge in [0.1, 0.15) is 5.75 Å². The smallest absolute Gasteiger partial charge is 0.181 e. The van der Waals surface area contributed by atoms with Gasteiger partial charge in [-0.05, 0) is 31.0 Å². The number of unbranched alkanes of at least 4 members (excludes halogenated alkanes) is 2. The number of para-hydroxylation sites is 1. The predicted molar refractivity (Wildman–Crippen MR) is 115 cm³/mol. The van der Waals surface area contributed by atoms with Crippen molar-refractivity contribution in [3.8, 4) is 5.75 Å². The highest BCUT2D eigenvalue weighted by atomic mass is 35.5. The average Bonchev–Trinajstić information content (AvgIpc) is 2.77. The topological polar surface area (TPSA) is 57.6 Å². The Hall–Kier alpha value is -1.72. The average molecular weight is 422 g/mol. The lowest BCUT2D eigenvalue weighted by molar-refractivity contribution is 0.288. The van der Waals surface area contributed by atoms with Crippen molar-refractivity contribution < 1.29 is 13.5 Å². The van der Waals surface area contributed by atoms with Crippen molar-refractivity contribution in [3.63, 3.8) is 0 Å². The first-order valence-electron chi connectivity index (χ1n) is 9.90. The molecule has 0 spiro atoms. The number of sulfone groups is 1. The van der Waals surface area contributed by atoms with Crippen LogP contribution in [0.1, 0.15) is 46.0 Å². The van der Waals surface area contributed by atoms with Gasteiger partial charge in [0, 0.05) is 23.7 Å². The van der Waals surface area contributed by atoms with E-state index in [0.717, 1.165) is 37.8 Å². The SMILES string of the molecule is CCCCC[C@@]1(CC)CN(c2ccccc2)c2cc(Cl)c(O)cc2S(=O)(=O)C1. The van der Waals surface area contributed by atoms with Crippen LogP contribution in [0.25, 0.3) is 0 Å². The van der Waals surface area contributed by atoms with Gasteiger partial charge < -0.3 is 10.0 Å². The molecule has 2 aromatic carbocycles. The van der Waals surface area contributed by atoms with E-state index in [1.807, 2.05) is 30.3 Å². The predicted octanol–water partition coefficient (Wildman–Crippen LogP) is 5.95.